The molecule has 0 aliphatic carbocycles. The van der Waals surface area contributed by atoms with E-state index in [1.807, 2.05) is 6.07 Å². The molecule has 0 bridgehead atoms. The number of nitrogens with one attached hydrogen (secondary N) is 1. The van der Waals surface area contributed by atoms with Crippen molar-refractivity contribution < 1.29 is 13.5 Å². The van der Waals surface area contributed by atoms with Crippen LogP contribution in [-0.2, 0) is 9.84 Å². The van der Waals surface area contributed by atoms with Crippen LogP contribution in [0.4, 0.5) is 11.4 Å². The standard InChI is InChI=1S/C17H16N4O4S/c1-11-16(17(23)21(20-11)12-6-4-3-5-7-12)19-18-14-10-13(26(2,24)25)8-9-15(14)22/h3-10,20,22H,1-2H3. The first-order chi connectivity index (χ1) is 12.3. The Kier molecular flexibility index (Phi) is 4.47. The Morgan fingerprint density at radius 1 is 1.08 bits per heavy atom. The minimum Gasteiger partial charge on any atom is -0.506 e. The predicted molar refractivity (Wildman–Crippen MR) is 96.5 cm³/mol. The first-order valence-corrected chi connectivity index (χ1v) is 9.48. The smallest absolute Gasteiger partial charge is 0.299 e. The molecular weight excluding hydrogens is 356 g/mol. The summed E-state index contributed by atoms with van der Waals surface area (Å²) >= 11 is 0. The Hall–Kier alpha value is -3.20. The summed E-state index contributed by atoms with van der Waals surface area (Å²) in [7, 11) is -3.46. The minimum atomic E-state index is -3.46. The van der Waals surface area contributed by atoms with E-state index in [0.717, 1.165) is 6.26 Å². The van der Waals surface area contributed by atoms with E-state index in [1.54, 1.807) is 31.2 Å². The van der Waals surface area contributed by atoms with Gasteiger partial charge in [0.1, 0.15) is 11.4 Å². The number of sulfone groups is 1. The SMILES string of the molecule is Cc1[nH]n(-c2ccccc2)c(=O)c1N=Nc1cc(S(C)(=O)=O)ccc1O. The van der Waals surface area contributed by atoms with Crippen molar-refractivity contribution in [1.29, 1.82) is 0 Å². The summed E-state index contributed by atoms with van der Waals surface area (Å²) in [5.41, 5.74) is 0.749. The van der Waals surface area contributed by atoms with E-state index < -0.39 is 15.4 Å². The number of rotatable bonds is 4. The van der Waals surface area contributed by atoms with Gasteiger partial charge >= 0.3 is 0 Å². The van der Waals surface area contributed by atoms with Crippen molar-refractivity contribution >= 4 is 21.2 Å². The molecule has 0 spiro atoms. The normalized spacial score (nSPS) is 11.9. The highest BCUT2D eigenvalue weighted by Crippen LogP contribution is 2.30. The second-order valence-corrected chi connectivity index (χ2v) is 7.70. The predicted octanol–water partition coefficient (Wildman–Crippen LogP) is 3.00. The van der Waals surface area contributed by atoms with Gasteiger partial charge in [-0.25, -0.2) is 13.1 Å². The van der Waals surface area contributed by atoms with Gasteiger partial charge in [0.15, 0.2) is 15.5 Å². The van der Waals surface area contributed by atoms with Crippen molar-refractivity contribution in [1.82, 2.24) is 9.78 Å². The molecule has 8 nitrogen and oxygen atoms in total. The molecule has 134 valence electrons. The number of phenols is 1. The number of aromatic hydroxyl groups is 1. The van der Waals surface area contributed by atoms with E-state index in [1.165, 1.54) is 22.9 Å². The fourth-order valence-electron chi connectivity index (χ4n) is 2.33. The summed E-state index contributed by atoms with van der Waals surface area (Å²) in [6, 6.07) is 12.7. The van der Waals surface area contributed by atoms with Gasteiger partial charge in [-0.3, -0.25) is 9.89 Å². The van der Waals surface area contributed by atoms with Crippen LogP contribution in [0.5, 0.6) is 5.75 Å². The van der Waals surface area contributed by atoms with Gasteiger partial charge in [0.25, 0.3) is 5.56 Å². The van der Waals surface area contributed by atoms with Crippen LogP contribution in [0.3, 0.4) is 0 Å². The van der Waals surface area contributed by atoms with Crippen LogP contribution in [0.15, 0.2) is 68.4 Å². The van der Waals surface area contributed by atoms with Crippen LogP contribution in [0, 0.1) is 6.92 Å². The van der Waals surface area contributed by atoms with E-state index in [-0.39, 0.29) is 22.0 Å². The highest BCUT2D eigenvalue weighted by Gasteiger charge is 2.13. The number of H-pyrrole nitrogens is 1. The summed E-state index contributed by atoms with van der Waals surface area (Å²) in [6.45, 7) is 1.67. The highest BCUT2D eigenvalue weighted by molar-refractivity contribution is 7.90. The maximum Gasteiger partial charge on any atom is 0.299 e. The minimum absolute atomic E-state index is 0.00302. The Balaban J connectivity index is 2.03. The van der Waals surface area contributed by atoms with Gasteiger partial charge in [-0.15, -0.1) is 10.2 Å². The number of benzene rings is 2. The first kappa shape index (κ1) is 17.6. The van der Waals surface area contributed by atoms with Gasteiger partial charge < -0.3 is 5.11 Å². The molecule has 0 amide bonds. The molecule has 1 aromatic heterocycles. The molecule has 0 atom stereocenters. The molecule has 2 N–H and O–H groups in total. The van der Waals surface area contributed by atoms with E-state index >= 15 is 0 Å². The van der Waals surface area contributed by atoms with Gasteiger partial charge in [0, 0.05) is 6.26 Å². The molecule has 9 heteroatoms. The number of aryl methyl sites for hydroxylation is 1. The van der Waals surface area contributed by atoms with Crippen molar-refractivity contribution in [3.05, 3.63) is 64.6 Å². The number of aromatic nitrogens is 2. The van der Waals surface area contributed by atoms with Gasteiger partial charge in [0.2, 0.25) is 0 Å². The molecule has 0 aliphatic heterocycles. The Morgan fingerprint density at radius 2 is 1.77 bits per heavy atom. The second-order valence-electron chi connectivity index (χ2n) is 5.68. The van der Waals surface area contributed by atoms with Crippen molar-refractivity contribution in [3.63, 3.8) is 0 Å². The molecule has 3 aromatic rings. The molecular formula is C17H16N4O4S. The first-order valence-electron chi connectivity index (χ1n) is 7.59. The molecule has 0 fully saturated rings. The summed E-state index contributed by atoms with van der Waals surface area (Å²) < 4.78 is 24.6. The fourth-order valence-corrected chi connectivity index (χ4v) is 2.97. The second kappa shape index (κ2) is 6.60. The molecule has 0 saturated heterocycles. The Morgan fingerprint density at radius 3 is 2.42 bits per heavy atom. The maximum atomic E-state index is 12.5. The fraction of sp³-hybridized carbons (Fsp3) is 0.118. The van der Waals surface area contributed by atoms with Crippen LogP contribution in [0.25, 0.3) is 5.69 Å². The summed E-state index contributed by atoms with van der Waals surface area (Å²) in [5, 5.41) is 20.5. The molecule has 2 aromatic carbocycles. The third-order valence-electron chi connectivity index (χ3n) is 3.69. The lowest BCUT2D eigenvalue weighted by molar-refractivity contribution is 0.476. The van der Waals surface area contributed by atoms with Gasteiger partial charge in [0.05, 0.1) is 16.3 Å². The number of hydrogen-bond donors (Lipinski definition) is 2. The Labute approximate surface area is 149 Å². The van der Waals surface area contributed by atoms with Crippen molar-refractivity contribution in [2.75, 3.05) is 6.26 Å². The third-order valence-corrected chi connectivity index (χ3v) is 4.80. The Bertz CT molecular complexity index is 1150. The molecule has 26 heavy (non-hydrogen) atoms. The molecule has 0 radical (unpaired) electrons. The summed E-state index contributed by atoms with van der Waals surface area (Å²) in [6.07, 6.45) is 1.05. The van der Waals surface area contributed by atoms with Gasteiger partial charge in [-0.05, 0) is 37.3 Å². The number of para-hydroxylation sites is 1. The maximum absolute atomic E-state index is 12.5. The monoisotopic (exact) mass is 372 g/mol. The van der Waals surface area contributed by atoms with Crippen molar-refractivity contribution in [2.24, 2.45) is 10.2 Å². The zero-order valence-corrected chi connectivity index (χ0v) is 14.9. The van der Waals surface area contributed by atoms with Crippen LogP contribution < -0.4 is 5.56 Å². The van der Waals surface area contributed by atoms with E-state index in [0.29, 0.717) is 11.4 Å². The highest BCUT2D eigenvalue weighted by atomic mass is 32.2. The number of aromatic amines is 1. The molecule has 1 heterocycles. The zero-order valence-electron chi connectivity index (χ0n) is 14.0. The van der Waals surface area contributed by atoms with Crippen molar-refractivity contribution in [2.45, 2.75) is 11.8 Å². The van der Waals surface area contributed by atoms with E-state index in [2.05, 4.69) is 15.3 Å². The zero-order chi connectivity index (χ0) is 18.9. The van der Waals surface area contributed by atoms with Crippen LogP contribution in [0.2, 0.25) is 0 Å². The van der Waals surface area contributed by atoms with E-state index in [4.69, 9.17) is 0 Å². The average molecular weight is 372 g/mol. The number of nitrogens with zero attached hydrogens (tertiary/aromatic N) is 3. The lowest BCUT2D eigenvalue weighted by atomic mass is 10.3. The molecule has 0 aliphatic rings. The topological polar surface area (TPSA) is 117 Å². The average Bonchev–Trinajstić information content (AvgIpc) is 2.88. The largest absolute Gasteiger partial charge is 0.506 e. The number of phenolic OH excluding ortho intramolecular Hbond substituents is 1. The number of hydrogen-bond acceptors (Lipinski definition) is 6. The van der Waals surface area contributed by atoms with Crippen LogP contribution in [-0.4, -0.2) is 29.6 Å². The van der Waals surface area contributed by atoms with Crippen LogP contribution in [0.1, 0.15) is 5.69 Å². The van der Waals surface area contributed by atoms with Crippen molar-refractivity contribution in [3.8, 4) is 11.4 Å². The molecule has 3 rings (SSSR count). The lowest BCUT2D eigenvalue weighted by Crippen LogP contribution is -2.13. The molecule has 0 unspecified atom stereocenters. The summed E-state index contributed by atoms with van der Waals surface area (Å²) in [4.78, 5) is 12.5. The summed E-state index contributed by atoms with van der Waals surface area (Å²) in [5.74, 6) is -0.238. The van der Waals surface area contributed by atoms with Gasteiger partial charge in [-0.1, -0.05) is 18.2 Å². The molecule has 0 saturated carbocycles. The lowest BCUT2D eigenvalue weighted by Gasteiger charge is -2.01. The quantitative estimate of drug-likeness (QED) is 0.685. The van der Waals surface area contributed by atoms with E-state index in [9.17, 15) is 18.3 Å². The van der Waals surface area contributed by atoms with Gasteiger partial charge in [-0.2, -0.15) is 0 Å². The van der Waals surface area contributed by atoms with Crippen LogP contribution >= 0.6 is 0 Å². The third kappa shape index (κ3) is 3.42. The number of azo groups is 1.